The lowest BCUT2D eigenvalue weighted by Crippen LogP contribution is -2.26. The summed E-state index contributed by atoms with van der Waals surface area (Å²) in [4.78, 5) is 7.91. The van der Waals surface area contributed by atoms with Gasteiger partial charge in [0.2, 0.25) is 5.88 Å². The zero-order chi connectivity index (χ0) is 16.1. The molecule has 23 heavy (non-hydrogen) atoms. The Hall–Kier alpha value is -1.92. The van der Waals surface area contributed by atoms with Crippen molar-refractivity contribution in [2.45, 2.75) is 25.5 Å². The van der Waals surface area contributed by atoms with Gasteiger partial charge in [0.15, 0.2) is 5.82 Å². The monoisotopic (exact) mass is 337 g/mol. The van der Waals surface area contributed by atoms with Crippen molar-refractivity contribution in [3.05, 3.63) is 47.1 Å². The highest BCUT2D eigenvalue weighted by Crippen LogP contribution is 2.24. The number of nitrogens with zero attached hydrogens (tertiary/aromatic N) is 2. The van der Waals surface area contributed by atoms with Crippen molar-refractivity contribution in [1.82, 2.24) is 9.97 Å². The maximum atomic E-state index is 13.7. The molecule has 2 aromatic rings. The van der Waals surface area contributed by atoms with E-state index in [0.29, 0.717) is 25.6 Å². The van der Waals surface area contributed by atoms with Crippen LogP contribution in [0.15, 0.2) is 30.7 Å². The van der Waals surface area contributed by atoms with E-state index in [9.17, 15) is 4.39 Å². The van der Waals surface area contributed by atoms with Crippen molar-refractivity contribution in [3.63, 3.8) is 0 Å². The maximum absolute atomic E-state index is 13.7. The van der Waals surface area contributed by atoms with Crippen LogP contribution >= 0.6 is 11.6 Å². The summed E-state index contributed by atoms with van der Waals surface area (Å²) in [6.45, 7) is 1.84. The second-order valence-corrected chi connectivity index (χ2v) is 5.67. The van der Waals surface area contributed by atoms with Crippen LogP contribution in [-0.2, 0) is 11.3 Å². The Morgan fingerprint density at radius 2 is 2.17 bits per heavy atom. The van der Waals surface area contributed by atoms with Crippen LogP contribution in [-0.4, -0.2) is 29.3 Å². The molecular weight excluding hydrogens is 321 g/mol. The summed E-state index contributed by atoms with van der Waals surface area (Å²) in [5, 5.41) is 3.23. The Bertz CT molecular complexity index is 645. The molecule has 0 unspecified atom stereocenters. The first-order valence-electron chi connectivity index (χ1n) is 7.44. The molecule has 0 amide bonds. The molecular formula is C16H17ClFN3O2. The quantitative estimate of drug-likeness (QED) is 0.905. The Labute approximate surface area is 138 Å². The molecule has 1 aliphatic heterocycles. The number of hydrogen-bond acceptors (Lipinski definition) is 5. The van der Waals surface area contributed by atoms with Crippen molar-refractivity contribution >= 4 is 17.3 Å². The summed E-state index contributed by atoms with van der Waals surface area (Å²) in [5.41, 5.74) is 1.17. The van der Waals surface area contributed by atoms with Gasteiger partial charge in [-0.2, -0.15) is 0 Å². The second-order valence-electron chi connectivity index (χ2n) is 5.26. The van der Waals surface area contributed by atoms with Gasteiger partial charge in [-0.3, -0.25) is 4.98 Å². The van der Waals surface area contributed by atoms with E-state index in [2.05, 4.69) is 15.3 Å². The van der Waals surface area contributed by atoms with Gasteiger partial charge in [0, 0.05) is 37.8 Å². The lowest BCUT2D eigenvalue weighted by molar-refractivity contribution is 0.0237. The minimum Gasteiger partial charge on any atom is -0.474 e. The normalized spacial score (nSPS) is 15.4. The molecule has 0 spiro atoms. The van der Waals surface area contributed by atoms with Crippen LogP contribution in [0.25, 0.3) is 0 Å². The van der Waals surface area contributed by atoms with E-state index in [4.69, 9.17) is 21.1 Å². The van der Waals surface area contributed by atoms with Crippen LogP contribution in [0, 0.1) is 5.82 Å². The molecule has 0 aliphatic carbocycles. The summed E-state index contributed by atoms with van der Waals surface area (Å²) < 4.78 is 24.9. The van der Waals surface area contributed by atoms with Gasteiger partial charge in [-0.15, -0.1) is 0 Å². The number of hydrogen-bond donors (Lipinski definition) is 1. The first-order valence-corrected chi connectivity index (χ1v) is 7.82. The molecule has 0 saturated carbocycles. The van der Waals surface area contributed by atoms with Crippen molar-refractivity contribution < 1.29 is 13.9 Å². The molecule has 2 aromatic heterocycles. The van der Waals surface area contributed by atoms with Crippen LogP contribution in [0.4, 0.5) is 10.1 Å². The summed E-state index contributed by atoms with van der Waals surface area (Å²) in [7, 11) is 0. The molecule has 1 fully saturated rings. The Kier molecular flexibility index (Phi) is 5.25. The second kappa shape index (κ2) is 7.57. The lowest BCUT2D eigenvalue weighted by atomic mass is 10.1. The fraction of sp³-hybridized carbons (Fsp3) is 0.375. The van der Waals surface area contributed by atoms with Crippen molar-refractivity contribution in [1.29, 1.82) is 0 Å². The Morgan fingerprint density at radius 1 is 1.35 bits per heavy atom. The predicted octanol–water partition coefficient (Wildman–Crippen LogP) is 3.44. The predicted molar refractivity (Wildman–Crippen MR) is 85.2 cm³/mol. The third kappa shape index (κ3) is 4.30. The molecule has 0 aromatic carbocycles. The fourth-order valence-corrected chi connectivity index (χ4v) is 2.57. The summed E-state index contributed by atoms with van der Waals surface area (Å²) >= 11 is 5.94. The standard InChI is InChI=1S/C16H17ClFN3O2/c17-13-9-19-10-14(18)16(13)21-8-11-1-4-20-15(7-11)23-12-2-5-22-6-3-12/h1,4,7,9-10,12H,2-3,5-6,8H2,(H,19,21). The zero-order valence-electron chi connectivity index (χ0n) is 12.5. The topological polar surface area (TPSA) is 56.3 Å². The van der Waals surface area contributed by atoms with Crippen molar-refractivity contribution in [3.8, 4) is 5.88 Å². The van der Waals surface area contributed by atoms with E-state index in [1.54, 1.807) is 6.20 Å². The van der Waals surface area contributed by atoms with Crippen LogP contribution in [0.5, 0.6) is 5.88 Å². The third-order valence-corrected chi connectivity index (χ3v) is 3.86. The van der Waals surface area contributed by atoms with Gasteiger partial charge in [0.05, 0.1) is 30.1 Å². The number of ether oxygens (including phenoxy) is 2. The molecule has 1 N–H and O–H groups in total. The molecule has 0 bridgehead atoms. The van der Waals surface area contributed by atoms with Crippen LogP contribution in [0.1, 0.15) is 18.4 Å². The van der Waals surface area contributed by atoms with Crippen molar-refractivity contribution in [2.75, 3.05) is 18.5 Å². The van der Waals surface area contributed by atoms with Crippen LogP contribution < -0.4 is 10.1 Å². The van der Waals surface area contributed by atoms with Gasteiger partial charge in [0.1, 0.15) is 6.10 Å². The average molecular weight is 338 g/mol. The number of nitrogens with one attached hydrogen (secondary N) is 1. The molecule has 3 rings (SSSR count). The first-order chi connectivity index (χ1) is 11.2. The minimum atomic E-state index is -0.481. The number of rotatable bonds is 5. The molecule has 1 saturated heterocycles. The highest BCUT2D eigenvalue weighted by atomic mass is 35.5. The maximum Gasteiger partial charge on any atom is 0.213 e. The third-order valence-electron chi connectivity index (χ3n) is 3.58. The van der Waals surface area contributed by atoms with Gasteiger partial charge in [-0.1, -0.05) is 11.6 Å². The van der Waals surface area contributed by atoms with E-state index < -0.39 is 5.82 Å². The van der Waals surface area contributed by atoms with E-state index >= 15 is 0 Å². The molecule has 7 heteroatoms. The van der Waals surface area contributed by atoms with E-state index in [0.717, 1.165) is 24.6 Å². The van der Waals surface area contributed by atoms with E-state index in [1.165, 1.54) is 6.20 Å². The average Bonchev–Trinajstić information content (AvgIpc) is 2.56. The van der Waals surface area contributed by atoms with Crippen LogP contribution in [0.3, 0.4) is 0 Å². The molecule has 1 aliphatic rings. The van der Waals surface area contributed by atoms with Gasteiger partial charge in [-0.05, 0) is 11.6 Å². The van der Waals surface area contributed by atoms with Gasteiger partial charge >= 0.3 is 0 Å². The van der Waals surface area contributed by atoms with E-state index in [-0.39, 0.29) is 16.8 Å². The number of pyridine rings is 2. The molecule has 0 atom stereocenters. The van der Waals surface area contributed by atoms with Crippen molar-refractivity contribution in [2.24, 2.45) is 0 Å². The number of aromatic nitrogens is 2. The van der Waals surface area contributed by atoms with Crippen LogP contribution in [0.2, 0.25) is 5.02 Å². The summed E-state index contributed by atoms with van der Waals surface area (Å²) in [5.74, 6) is 0.0859. The minimum absolute atomic E-state index is 0.131. The zero-order valence-corrected chi connectivity index (χ0v) is 13.2. The highest BCUT2D eigenvalue weighted by molar-refractivity contribution is 6.33. The summed E-state index contributed by atoms with van der Waals surface area (Å²) in [6.07, 6.45) is 6.06. The van der Waals surface area contributed by atoms with Gasteiger partial charge in [-0.25, -0.2) is 9.37 Å². The molecule has 0 radical (unpaired) electrons. The Balaban J connectivity index is 1.63. The number of anilines is 1. The molecule has 122 valence electrons. The smallest absolute Gasteiger partial charge is 0.213 e. The van der Waals surface area contributed by atoms with Gasteiger partial charge < -0.3 is 14.8 Å². The highest BCUT2D eigenvalue weighted by Gasteiger charge is 2.16. The Morgan fingerprint density at radius 3 is 2.96 bits per heavy atom. The lowest BCUT2D eigenvalue weighted by Gasteiger charge is -2.22. The fourth-order valence-electron chi connectivity index (χ4n) is 2.36. The SMILES string of the molecule is Fc1cncc(Cl)c1NCc1ccnc(OC2CCOCC2)c1. The first kappa shape index (κ1) is 16.0. The number of halogens is 2. The molecule has 5 nitrogen and oxygen atoms in total. The van der Waals surface area contributed by atoms with E-state index in [1.807, 2.05) is 12.1 Å². The summed E-state index contributed by atoms with van der Waals surface area (Å²) in [6, 6.07) is 3.69. The van der Waals surface area contributed by atoms with Gasteiger partial charge in [0.25, 0.3) is 0 Å². The molecule has 3 heterocycles. The largest absolute Gasteiger partial charge is 0.474 e.